The van der Waals surface area contributed by atoms with Crippen molar-refractivity contribution in [1.82, 2.24) is 14.1 Å². The van der Waals surface area contributed by atoms with Crippen LogP contribution >= 0.6 is 0 Å². The third-order valence-corrected chi connectivity index (χ3v) is 6.11. The number of imidazole rings is 1. The lowest BCUT2D eigenvalue weighted by Crippen LogP contribution is -2.31. The second-order valence-corrected chi connectivity index (χ2v) is 8.22. The van der Waals surface area contributed by atoms with Gasteiger partial charge in [0, 0.05) is 22.6 Å². The van der Waals surface area contributed by atoms with E-state index in [0.29, 0.717) is 11.6 Å². The number of carbonyl (C=O) groups is 2. The summed E-state index contributed by atoms with van der Waals surface area (Å²) in [7, 11) is 2.59. The molecule has 1 unspecified atom stereocenters. The standard InChI is InChI=1S/C25H24N6O4/c1-13-9-18(21-28-24(26)29-25-27-19-7-5-6-8-20(19)31(21)25)14(2)30(13)17-11-15(22(32)34-3)10-16(12-17)23(33)35-4/h5-12,21H,1-4H3,(H3,26,27,28,29). The smallest absolute Gasteiger partial charge is 0.337 e. The molecule has 1 aliphatic rings. The lowest BCUT2D eigenvalue weighted by Gasteiger charge is -2.24. The van der Waals surface area contributed by atoms with Gasteiger partial charge < -0.3 is 19.8 Å². The van der Waals surface area contributed by atoms with Crippen molar-refractivity contribution in [1.29, 1.82) is 0 Å². The molecule has 10 nitrogen and oxygen atoms in total. The van der Waals surface area contributed by atoms with Crippen LogP contribution < -0.4 is 11.1 Å². The van der Waals surface area contributed by atoms with E-state index in [-0.39, 0.29) is 17.1 Å². The Balaban J connectivity index is 1.70. The summed E-state index contributed by atoms with van der Waals surface area (Å²) in [5, 5.41) is 3.04. The van der Waals surface area contributed by atoms with E-state index in [1.165, 1.54) is 20.3 Å². The predicted molar refractivity (Wildman–Crippen MR) is 131 cm³/mol. The molecule has 0 radical (unpaired) electrons. The van der Waals surface area contributed by atoms with Gasteiger partial charge in [0.25, 0.3) is 0 Å². The second kappa shape index (κ2) is 8.32. The summed E-state index contributed by atoms with van der Waals surface area (Å²) in [5.41, 5.74) is 11.6. The van der Waals surface area contributed by atoms with Gasteiger partial charge in [0.15, 0.2) is 12.1 Å². The third kappa shape index (κ3) is 3.59. The van der Waals surface area contributed by atoms with Gasteiger partial charge in [-0.05, 0) is 50.2 Å². The van der Waals surface area contributed by atoms with Crippen LogP contribution in [0.25, 0.3) is 16.7 Å². The number of hydrogen-bond acceptors (Lipinski definition) is 8. The normalized spacial score (nSPS) is 14.7. The SMILES string of the molecule is COC(=O)c1cc(C(=O)OC)cc(-n2c(C)cc(C3N=C(N)Nc4nc5ccccc5n43)c2C)c1. The van der Waals surface area contributed by atoms with Crippen molar-refractivity contribution >= 4 is 34.9 Å². The van der Waals surface area contributed by atoms with E-state index in [2.05, 4.69) is 15.3 Å². The maximum atomic E-state index is 12.3. The predicted octanol–water partition coefficient (Wildman–Crippen LogP) is 3.30. The minimum Gasteiger partial charge on any atom is -0.465 e. The first-order valence-electron chi connectivity index (χ1n) is 10.9. The van der Waals surface area contributed by atoms with E-state index < -0.39 is 18.1 Å². The van der Waals surface area contributed by atoms with E-state index in [1.54, 1.807) is 12.1 Å². The first-order chi connectivity index (χ1) is 16.8. The summed E-state index contributed by atoms with van der Waals surface area (Å²) in [6.07, 6.45) is -0.456. The first kappa shape index (κ1) is 22.2. The third-order valence-electron chi connectivity index (χ3n) is 6.11. The molecule has 0 bridgehead atoms. The number of ether oxygens (including phenoxy) is 2. The lowest BCUT2D eigenvalue weighted by molar-refractivity contribution is 0.0599. The Labute approximate surface area is 201 Å². The fourth-order valence-electron chi connectivity index (χ4n) is 4.58. The number of fused-ring (bicyclic) bond motifs is 3. The highest BCUT2D eigenvalue weighted by Gasteiger charge is 2.28. The molecule has 2 aromatic carbocycles. The van der Waals surface area contributed by atoms with Crippen LogP contribution in [0.2, 0.25) is 0 Å². The Bertz CT molecular complexity index is 1500. The highest BCUT2D eigenvalue weighted by Crippen LogP contribution is 2.36. The Hall–Kier alpha value is -4.60. The van der Waals surface area contributed by atoms with Crippen molar-refractivity contribution in [3.05, 3.63) is 76.6 Å². The van der Waals surface area contributed by atoms with E-state index in [9.17, 15) is 9.59 Å². The average Bonchev–Trinajstić information content (AvgIpc) is 3.38. The zero-order valence-corrected chi connectivity index (χ0v) is 19.7. The van der Waals surface area contributed by atoms with E-state index in [1.807, 2.05) is 53.3 Å². The number of hydrogen-bond donors (Lipinski definition) is 2. The number of nitrogens with one attached hydrogen (secondary N) is 1. The molecule has 0 saturated heterocycles. The number of anilines is 1. The highest BCUT2D eigenvalue weighted by atomic mass is 16.5. The van der Waals surface area contributed by atoms with Crippen LogP contribution in [0.15, 0.2) is 53.5 Å². The van der Waals surface area contributed by atoms with Crippen LogP contribution in [0.3, 0.4) is 0 Å². The Morgan fingerprint density at radius 1 is 1.00 bits per heavy atom. The van der Waals surface area contributed by atoms with Gasteiger partial charge in [-0.2, -0.15) is 0 Å². The fourth-order valence-corrected chi connectivity index (χ4v) is 4.58. The largest absolute Gasteiger partial charge is 0.465 e. The van der Waals surface area contributed by atoms with Gasteiger partial charge in [-0.25, -0.2) is 19.6 Å². The van der Waals surface area contributed by atoms with E-state index in [4.69, 9.17) is 15.2 Å². The zero-order valence-electron chi connectivity index (χ0n) is 19.7. The number of carbonyl (C=O) groups excluding carboxylic acids is 2. The number of benzene rings is 2. The Morgan fingerprint density at radius 2 is 1.66 bits per heavy atom. The average molecular weight is 473 g/mol. The monoisotopic (exact) mass is 472 g/mol. The number of para-hydroxylation sites is 2. The van der Waals surface area contributed by atoms with E-state index in [0.717, 1.165) is 28.0 Å². The topological polar surface area (TPSA) is 126 Å². The van der Waals surface area contributed by atoms with Crippen molar-refractivity contribution in [3.63, 3.8) is 0 Å². The minimum absolute atomic E-state index is 0.242. The van der Waals surface area contributed by atoms with Gasteiger partial charge in [0.05, 0.1) is 36.4 Å². The molecule has 35 heavy (non-hydrogen) atoms. The molecule has 0 spiro atoms. The van der Waals surface area contributed by atoms with Crippen LogP contribution in [0.4, 0.5) is 5.95 Å². The summed E-state index contributed by atoms with van der Waals surface area (Å²) in [5.74, 6) is -0.229. The molecular formula is C25H24N6O4. The number of aromatic nitrogens is 3. The quantitative estimate of drug-likeness (QED) is 0.437. The summed E-state index contributed by atoms with van der Waals surface area (Å²) in [6, 6.07) is 14.6. The van der Waals surface area contributed by atoms with Crippen LogP contribution in [-0.2, 0) is 9.47 Å². The molecule has 1 aliphatic heterocycles. The number of aliphatic imine (C=N–C) groups is 1. The summed E-state index contributed by atoms with van der Waals surface area (Å²) in [6.45, 7) is 3.90. The molecular weight excluding hydrogens is 448 g/mol. The maximum absolute atomic E-state index is 12.3. The minimum atomic E-state index is -0.551. The van der Waals surface area contributed by atoms with Crippen LogP contribution in [0.5, 0.6) is 0 Å². The van der Waals surface area contributed by atoms with E-state index >= 15 is 0 Å². The van der Waals surface area contributed by atoms with Crippen molar-refractivity contribution in [2.75, 3.05) is 19.5 Å². The van der Waals surface area contributed by atoms with Gasteiger partial charge in [-0.3, -0.25) is 9.88 Å². The number of esters is 2. The summed E-state index contributed by atoms with van der Waals surface area (Å²) >= 11 is 0. The number of guanidine groups is 1. The maximum Gasteiger partial charge on any atom is 0.337 e. The molecule has 5 rings (SSSR count). The molecule has 3 N–H and O–H groups in total. The molecule has 0 saturated carbocycles. The van der Waals surface area contributed by atoms with Crippen LogP contribution in [0.1, 0.15) is 43.8 Å². The number of nitrogens with two attached hydrogens (primary N) is 1. The van der Waals surface area contributed by atoms with Crippen LogP contribution in [-0.4, -0.2) is 46.2 Å². The molecule has 10 heteroatoms. The van der Waals surface area contributed by atoms with Gasteiger partial charge >= 0.3 is 11.9 Å². The van der Waals surface area contributed by atoms with Crippen molar-refractivity contribution in [2.24, 2.45) is 10.7 Å². The fraction of sp³-hybridized carbons (Fsp3) is 0.200. The second-order valence-electron chi connectivity index (χ2n) is 8.22. The van der Waals surface area contributed by atoms with Crippen molar-refractivity contribution in [3.8, 4) is 5.69 Å². The number of nitrogens with zero attached hydrogens (tertiary/aromatic N) is 4. The molecule has 2 aromatic heterocycles. The molecule has 3 heterocycles. The van der Waals surface area contributed by atoms with Crippen LogP contribution in [0, 0.1) is 13.8 Å². The van der Waals surface area contributed by atoms with Gasteiger partial charge in [-0.15, -0.1) is 0 Å². The first-order valence-corrected chi connectivity index (χ1v) is 10.9. The highest BCUT2D eigenvalue weighted by molar-refractivity contribution is 5.96. The number of methoxy groups -OCH3 is 2. The molecule has 178 valence electrons. The van der Waals surface area contributed by atoms with Gasteiger partial charge in [-0.1, -0.05) is 12.1 Å². The summed E-state index contributed by atoms with van der Waals surface area (Å²) < 4.78 is 13.7. The molecule has 0 aliphatic carbocycles. The van der Waals surface area contributed by atoms with Crippen molar-refractivity contribution < 1.29 is 19.1 Å². The lowest BCUT2D eigenvalue weighted by atomic mass is 10.1. The Kier molecular flexibility index (Phi) is 5.28. The summed E-state index contributed by atoms with van der Waals surface area (Å²) in [4.78, 5) is 34.0. The van der Waals surface area contributed by atoms with Gasteiger partial charge in [0.2, 0.25) is 5.95 Å². The van der Waals surface area contributed by atoms with Crippen molar-refractivity contribution in [2.45, 2.75) is 20.0 Å². The Morgan fingerprint density at radius 3 is 2.31 bits per heavy atom. The number of rotatable bonds is 4. The molecule has 0 amide bonds. The molecule has 0 fully saturated rings. The van der Waals surface area contributed by atoms with Gasteiger partial charge in [0.1, 0.15) is 0 Å². The molecule has 4 aromatic rings. The number of aryl methyl sites for hydroxylation is 1. The zero-order chi connectivity index (χ0) is 24.9. The molecule has 1 atom stereocenters.